The van der Waals surface area contributed by atoms with E-state index >= 15 is 0 Å². The lowest BCUT2D eigenvalue weighted by Gasteiger charge is -2.62. The molecule has 4 bridgehead atoms. The lowest BCUT2D eigenvalue weighted by atomic mass is 9.48. The Morgan fingerprint density at radius 1 is 0.960 bits per heavy atom. The first-order valence-electron chi connectivity index (χ1n) is 19.7. The molecule has 16 atom stereocenters. The van der Waals surface area contributed by atoms with E-state index in [1.807, 2.05) is 6.08 Å². The maximum absolute atomic E-state index is 14.0. The fourth-order valence-corrected chi connectivity index (χ4v) is 16.6. The normalized spacial score (nSPS) is 53.5. The quantitative estimate of drug-likeness (QED) is 0.358. The van der Waals surface area contributed by atoms with Gasteiger partial charge in [0.1, 0.15) is 6.23 Å². The van der Waals surface area contributed by atoms with Crippen molar-refractivity contribution < 1.29 is 14.6 Å². The van der Waals surface area contributed by atoms with Gasteiger partial charge >= 0.3 is 0 Å². The molecule has 50 heavy (non-hydrogen) atoms. The van der Waals surface area contributed by atoms with Gasteiger partial charge in [-0.05, 0) is 86.7 Å². The Bertz CT molecular complexity index is 2070. The van der Waals surface area contributed by atoms with E-state index in [-0.39, 0.29) is 52.4 Å². The smallest absolute Gasteiger partial charge is 0.250 e. The molecule has 3 aliphatic carbocycles. The summed E-state index contributed by atoms with van der Waals surface area (Å²) in [7, 11) is 0. The number of carbonyl (C=O) groups is 1. The summed E-state index contributed by atoms with van der Waals surface area (Å²) in [6.45, 7) is 5.12. The van der Waals surface area contributed by atoms with Crippen molar-refractivity contribution in [1.82, 2.24) is 9.80 Å². The molecule has 5 saturated heterocycles. The summed E-state index contributed by atoms with van der Waals surface area (Å²) in [4.78, 5) is 24.5. The van der Waals surface area contributed by atoms with Crippen LogP contribution in [0, 0.1) is 29.6 Å². The minimum atomic E-state index is -0.620. The van der Waals surface area contributed by atoms with Gasteiger partial charge in [0.05, 0.1) is 18.8 Å². The zero-order valence-corrected chi connectivity index (χ0v) is 28.6. The van der Waals surface area contributed by atoms with Crippen molar-refractivity contribution in [3.8, 4) is 0 Å². The van der Waals surface area contributed by atoms with Gasteiger partial charge in [0, 0.05) is 76.2 Å². The van der Waals surface area contributed by atoms with E-state index in [0.29, 0.717) is 42.4 Å². The number of aliphatic hydroxyl groups is 1. The number of fused-ring (bicyclic) bond motifs is 7. The average Bonchev–Trinajstić information content (AvgIpc) is 3.37. The summed E-state index contributed by atoms with van der Waals surface area (Å²) in [5.41, 5.74) is 8.39. The third-order valence-electron chi connectivity index (χ3n) is 17.7. The molecule has 12 aliphatic rings. The van der Waals surface area contributed by atoms with Gasteiger partial charge in [0.15, 0.2) is 0 Å². The van der Waals surface area contributed by atoms with E-state index in [4.69, 9.17) is 4.74 Å². The highest BCUT2D eigenvalue weighted by Gasteiger charge is 2.88. The van der Waals surface area contributed by atoms with Crippen LogP contribution in [0.25, 0.3) is 0 Å². The number of rotatable bonds is 1. The van der Waals surface area contributed by atoms with Crippen molar-refractivity contribution in [3.63, 3.8) is 0 Å². The number of amides is 1. The fourth-order valence-electron chi connectivity index (χ4n) is 16.6. The van der Waals surface area contributed by atoms with Gasteiger partial charge in [-0.1, -0.05) is 65.8 Å². The predicted molar refractivity (Wildman–Crippen MR) is 189 cm³/mol. The molecule has 0 aromatic heterocycles. The van der Waals surface area contributed by atoms with Crippen LogP contribution >= 0.6 is 0 Å². The molecule has 9 heterocycles. The summed E-state index contributed by atoms with van der Waals surface area (Å²) in [5.74, 6) is 1.74. The molecule has 2 aromatic rings. The van der Waals surface area contributed by atoms with E-state index in [1.165, 1.54) is 29.7 Å². The molecule has 3 saturated carbocycles. The zero-order valence-electron chi connectivity index (χ0n) is 28.6. The van der Waals surface area contributed by atoms with Gasteiger partial charge in [0.2, 0.25) is 0 Å². The fraction of sp³-hybridized carbons (Fsp3) is 0.558. The molecule has 14 rings (SSSR count). The standard InChI is InChI=1S/C43H44N4O3/c1-2-22-17-33-43-19-26(22)24-11-12-34(48)45-30-10-6-4-8-28(30)42(43,38(24)45)20-31(47(33)43)36-37-35-25-18-32-41(14-15-44(32)21-23(25)13-16-50-37)27-7-3-5-9-29(27)46(39(35)41)40(36)49/h2-13,24-26,31-33,35-40,49H,14-21H2,1H3/b22-2-/t24-,25-,26-,31+,32-,33?,35-,36-,37+,38-,39-,40?,41+,42-,43+,47?/m0/s1. The minimum absolute atomic E-state index is 0.00157. The summed E-state index contributed by atoms with van der Waals surface area (Å²) in [5, 5.41) is 13.3. The Hall–Kier alpha value is -3.23. The van der Waals surface area contributed by atoms with Crippen LogP contribution in [-0.4, -0.2) is 88.6 Å². The second kappa shape index (κ2) is 8.36. The third kappa shape index (κ3) is 2.51. The topological polar surface area (TPSA) is 59.3 Å². The molecule has 7 nitrogen and oxygen atoms in total. The third-order valence-corrected chi connectivity index (χ3v) is 17.7. The second-order valence-electron chi connectivity index (χ2n) is 18.2. The van der Waals surface area contributed by atoms with Gasteiger partial charge in [-0.15, -0.1) is 0 Å². The largest absolute Gasteiger partial charge is 0.373 e. The lowest BCUT2D eigenvalue weighted by molar-refractivity contribution is -0.142. The van der Waals surface area contributed by atoms with Gasteiger partial charge in [-0.3, -0.25) is 14.6 Å². The van der Waals surface area contributed by atoms with Crippen molar-refractivity contribution in [2.75, 3.05) is 29.5 Å². The van der Waals surface area contributed by atoms with Crippen LogP contribution < -0.4 is 9.80 Å². The molecule has 1 N–H and O–H groups in total. The van der Waals surface area contributed by atoms with Crippen LogP contribution in [-0.2, 0) is 20.4 Å². The molecule has 9 aliphatic heterocycles. The first-order chi connectivity index (χ1) is 24.5. The Labute approximate surface area is 293 Å². The van der Waals surface area contributed by atoms with Crippen molar-refractivity contribution in [2.24, 2.45) is 29.6 Å². The Kier molecular flexibility index (Phi) is 4.58. The van der Waals surface area contributed by atoms with Crippen LogP contribution in [0.3, 0.4) is 0 Å². The summed E-state index contributed by atoms with van der Waals surface area (Å²) in [6, 6.07) is 19.6. The highest BCUT2D eigenvalue weighted by atomic mass is 16.5. The van der Waals surface area contributed by atoms with Crippen LogP contribution in [0.5, 0.6) is 0 Å². The maximum atomic E-state index is 14.0. The van der Waals surface area contributed by atoms with E-state index in [9.17, 15) is 9.90 Å². The number of nitrogens with zero attached hydrogens (tertiary/aromatic N) is 4. The number of benzene rings is 2. The molecule has 0 radical (unpaired) electrons. The Morgan fingerprint density at radius 2 is 1.80 bits per heavy atom. The summed E-state index contributed by atoms with van der Waals surface area (Å²) >= 11 is 0. The van der Waals surface area contributed by atoms with E-state index in [2.05, 4.69) is 93.3 Å². The molecule has 2 aromatic carbocycles. The van der Waals surface area contributed by atoms with Crippen LogP contribution in [0.15, 0.2) is 84.0 Å². The average molecular weight is 665 g/mol. The molecule has 1 amide bonds. The van der Waals surface area contributed by atoms with E-state index < -0.39 is 6.23 Å². The number of hydrogen-bond donors (Lipinski definition) is 1. The Morgan fingerprint density at radius 3 is 2.68 bits per heavy atom. The molecular weight excluding hydrogens is 620 g/mol. The number of para-hydroxylation sites is 2. The SMILES string of the molecule is C/C=C1/CC2N3[C@@H]([C@@H]4C(O)N5c6ccccc6[C@@]67CCN8CC9=CCO[C@@H]4[C@@H]([C@H]56)[C@H]9C[C@H]87)C[C@]45c6ccccc6N6C(=O)C=C[C@H]([C@H]64)[C@H]1C[C@]235. The molecule has 3 spiro atoms. The van der Waals surface area contributed by atoms with Crippen molar-refractivity contribution in [1.29, 1.82) is 0 Å². The van der Waals surface area contributed by atoms with Gasteiger partial charge < -0.3 is 19.6 Å². The number of anilines is 2. The van der Waals surface area contributed by atoms with Crippen LogP contribution in [0.1, 0.15) is 50.2 Å². The number of aliphatic hydroxyl groups excluding tert-OH is 1. The van der Waals surface area contributed by atoms with Crippen molar-refractivity contribution in [2.45, 2.75) is 97.9 Å². The lowest BCUT2D eigenvalue weighted by Crippen LogP contribution is -2.73. The van der Waals surface area contributed by atoms with Crippen LogP contribution in [0.4, 0.5) is 11.4 Å². The predicted octanol–water partition coefficient (Wildman–Crippen LogP) is 4.51. The highest BCUT2D eigenvalue weighted by molar-refractivity contribution is 6.06. The van der Waals surface area contributed by atoms with Gasteiger partial charge in [0.25, 0.3) is 5.91 Å². The van der Waals surface area contributed by atoms with Crippen molar-refractivity contribution in [3.05, 3.63) is 95.1 Å². The molecule has 3 unspecified atom stereocenters. The molecule has 8 fully saturated rings. The monoisotopic (exact) mass is 664 g/mol. The number of ether oxygens (including phenoxy) is 1. The summed E-state index contributed by atoms with van der Waals surface area (Å²) < 4.78 is 7.23. The number of allylic oxidation sites excluding steroid dienone is 1. The maximum Gasteiger partial charge on any atom is 0.250 e. The number of carbonyl (C=O) groups excluding carboxylic acids is 1. The number of hydrogen-bond acceptors (Lipinski definition) is 6. The van der Waals surface area contributed by atoms with Crippen LogP contribution in [0.2, 0.25) is 0 Å². The first-order valence-corrected chi connectivity index (χ1v) is 19.7. The molecular formula is C43H44N4O3. The van der Waals surface area contributed by atoms with Gasteiger partial charge in [-0.2, -0.15) is 0 Å². The van der Waals surface area contributed by atoms with Crippen molar-refractivity contribution >= 4 is 17.3 Å². The minimum Gasteiger partial charge on any atom is -0.373 e. The number of piperidine rings is 3. The molecule has 7 heteroatoms. The zero-order chi connectivity index (χ0) is 32.6. The summed E-state index contributed by atoms with van der Waals surface area (Å²) in [6.07, 6.45) is 14.0. The van der Waals surface area contributed by atoms with Gasteiger partial charge in [-0.25, -0.2) is 0 Å². The van der Waals surface area contributed by atoms with E-state index in [0.717, 1.165) is 38.0 Å². The Balaban J connectivity index is 0.989. The second-order valence-corrected chi connectivity index (χ2v) is 18.2. The highest BCUT2D eigenvalue weighted by Crippen LogP contribution is 2.80. The molecule has 254 valence electrons. The first kappa shape index (κ1) is 27.4. The van der Waals surface area contributed by atoms with E-state index in [1.54, 1.807) is 11.1 Å².